The van der Waals surface area contributed by atoms with Crippen molar-refractivity contribution in [3.8, 4) is 11.5 Å². The minimum absolute atomic E-state index is 0.119. The van der Waals surface area contributed by atoms with E-state index in [0.717, 1.165) is 22.2 Å². The number of rotatable bonds is 2. The van der Waals surface area contributed by atoms with E-state index in [1.807, 2.05) is 26.0 Å². The lowest BCUT2D eigenvalue weighted by molar-refractivity contribution is 0.373. The Hall–Kier alpha value is -2.57. The average molecular weight is 387 g/mol. The Labute approximate surface area is 157 Å². The molecule has 0 bridgehead atoms. The molecule has 0 saturated heterocycles. The fraction of sp³-hybridized carbons (Fsp3) is 0.158. The molecule has 5 nitrogen and oxygen atoms in total. The molecular weight excluding hydrogens is 372 g/mol. The van der Waals surface area contributed by atoms with E-state index in [1.165, 1.54) is 18.4 Å². The maximum atomic E-state index is 12.9. The summed E-state index contributed by atoms with van der Waals surface area (Å²) in [5, 5.41) is 10.0. The van der Waals surface area contributed by atoms with E-state index in [9.17, 15) is 9.90 Å². The maximum Gasteiger partial charge on any atom is 0.274 e. The number of methoxy groups -OCH3 is 1. The number of halogens is 1. The van der Waals surface area contributed by atoms with Crippen LogP contribution in [0.25, 0.3) is 22.1 Å². The summed E-state index contributed by atoms with van der Waals surface area (Å²) in [7, 11) is 1.45. The smallest absolute Gasteiger partial charge is 0.274 e. The summed E-state index contributed by atoms with van der Waals surface area (Å²) < 4.78 is 7.29. The molecule has 0 unspecified atom stereocenters. The number of aromatic nitrogens is 2. The number of phenolic OH excluding ortho intramolecular Hbond substituents is 1. The third-order valence-electron chi connectivity index (χ3n) is 4.42. The van der Waals surface area contributed by atoms with Gasteiger partial charge in [-0.3, -0.25) is 4.79 Å². The molecule has 0 spiro atoms. The molecule has 132 valence electrons. The number of aryl methyl sites for hydroxylation is 2. The standard InChI is InChI=1S/C19H15ClN2O3S/c1-9-4-13-14(5-10(9)2)22-18(24)16(26-19(22)21-13)8-11-6-12(20)17(23)15(7-11)25-3/h4-8,23H,1-3H3/b16-8-. The topological polar surface area (TPSA) is 63.8 Å². The van der Waals surface area contributed by atoms with Gasteiger partial charge in [0, 0.05) is 0 Å². The number of benzene rings is 2. The van der Waals surface area contributed by atoms with Gasteiger partial charge in [0.25, 0.3) is 5.56 Å². The first-order valence-corrected chi connectivity index (χ1v) is 9.09. The second kappa shape index (κ2) is 6.00. The number of phenols is 1. The molecule has 2 aromatic heterocycles. The van der Waals surface area contributed by atoms with E-state index >= 15 is 0 Å². The lowest BCUT2D eigenvalue weighted by Crippen LogP contribution is -2.22. The minimum atomic E-state index is -0.126. The molecule has 1 N–H and O–H groups in total. The Kier molecular flexibility index (Phi) is 3.89. The summed E-state index contributed by atoms with van der Waals surface area (Å²) in [5.74, 6) is 0.139. The molecule has 7 heteroatoms. The third-order valence-corrected chi connectivity index (χ3v) is 5.68. The van der Waals surface area contributed by atoms with Gasteiger partial charge < -0.3 is 9.84 Å². The second-order valence-corrected chi connectivity index (χ2v) is 7.54. The zero-order valence-corrected chi connectivity index (χ0v) is 15.9. The molecule has 0 aliphatic heterocycles. The van der Waals surface area contributed by atoms with E-state index in [4.69, 9.17) is 16.3 Å². The van der Waals surface area contributed by atoms with Crippen LogP contribution < -0.4 is 14.8 Å². The number of ether oxygens (including phenoxy) is 1. The molecule has 4 rings (SSSR count). The van der Waals surface area contributed by atoms with Crippen molar-refractivity contribution in [3.63, 3.8) is 0 Å². The van der Waals surface area contributed by atoms with Crippen molar-refractivity contribution in [2.24, 2.45) is 0 Å². The van der Waals surface area contributed by atoms with Crippen LogP contribution in [-0.4, -0.2) is 21.6 Å². The molecule has 0 aliphatic carbocycles. The van der Waals surface area contributed by atoms with Gasteiger partial charge in [0.05, 0.1) is 27.7 Å². The molecule has 0 saturated carbocycles. The Morgan fingerprint density at radius 3 is 2.69 bits per heavy atom. The van der Waals surface area contributed by atoms with E-state index in [0.29, 0.717) is 15.1 Å². The summed E-state index contributed by atoms with van der Waals surface area (Å²) in [4.78, 5) is 18.1. The molecule has 0 atom stereocenters. The largest absolute Gasteiger partial charge is 0.503 e. The van der Waals surface area contributed by atoms with Crippen molar-refractivity contribution >= 4 is 45.0 Å². The van der Waals surface area contributed by atoms with Gasteiger partial charge in [-0.25, -0.2) is 9.38 Å². The van der Waals surface area contributed by atoms with Crippen LogP contribution in [-0.2, 0) is 0 Å². The van der Waals surface area contributed by atoms with Crippen LogP contribution in [0, 0.1) is 13.8 Å². The van der Waals surface area contributed by atoms with Crippen LogP contribution in [0.3, 0.4) is 0 Å². The van der Waals surface area contributed by atoms with Crippen molar-refractivity contribution < 1.29 is 9.84 Å². The van der Waals surface area contributed by atoms with Gasteiger partial charge in [-0.15, -0.1) is 0 Å². The first kappa shape index (κ1) is 16.9. The molecule has 0 aliphatic rings. The van der Waals surface area contributed by atoms with Crippen LogP contribution in [0.5, 0.6) is 11.5 Å². The normalized spacial score (nSPS) is 12.4. The lowest BCUT2D eigenvalue weighted by atomic mass is 10.1. The van der Waals surface area contributed by atoms with Crippen LogP contribution in [0.15, 0.2) is 29.1 Å². The van der Waals surface area contributed by atoms with Gasteiger partial charge >= 0.3 is 0 Å². The Morgan fingerprint density at radius 2 is 1.96 bits per heavy atom. The van der Waals surface area contributed by atoms with Crippen LogP contribution in [0.1, 0.15) is 16.7 Å². The molecule has 0 fully saturated rings. The Balaban J connectivity index is 1.97. The number of imidazole rings is 1. The first-order chi connectivity index (χ1) is 12.4. The summed E-state index contributed by atoms with van der Waals surface area (Å²) in [6, 6.07) is 7.21. The molecule has 0 amide bonds. The van der Waals surface area contributed by atoms with Gasteiger partial charge in [0.2, 0.25) is 0 Å². The minimum Gasteiger partial charge on any atom is -0.503 e. The number of hydrogen-bond donors (Lipinski definition) is 1. The number of hydrogen-bond acceptors (Lipinski definition) is 5. The number of fused-ring (bicyclic) bond motifs is 3. The monoisotopic (exact) mass is 386 g/mol. The van der Waals surface area contributed by atoms with Crippen LogP contribution >= 0.6 is 22.9 Å². The van der Waals surface area contributed by atoms with Crippen molar-refractivity contribution in [1.29, 1.82) is 0 Å². The molecule has 2 heterocycles. The predicted molar refractivity (Wildman–Crippen MR) is 105 cm³/mol. The van der Waals surface area contributed by atoms with E-state index in [1.54, 1.807) is 22.6 Å². The highest BCUT2D eigenvalue weighted by atomic mass is 35.5. The van der Waals surface area contributed by atoms with E-state index in [-0.39, 0.29) is 22.1 Å². The highest BCUT2D eigenvalue weighted by Gasteiger charge is 2.13. The van der Waals surface area contributed by atoms with Crippen molar-refractivity contribution in [2.45, 2.75) is 13.8 Å². The maximum absolute atomic E-state index is 12.9. The zero-order valence-electron chi connectivity index (χ0n) is 14.3. The summed E-state index contributed by atoms with van der Waals surface area (Å²) >= 11 is 7.35. The van der Waals surface area contributed by atoms with E-state index in [2.05, 4.69) is 4.98 Å². The SMILES string of the molecule is COc1cc(/C=c2\sc3nc4cc(C)c(C)cc4n3c2=O)cc(Cl)c1O. The lowest BCUT2D eigenvalue weighted by Gasteiger charge is -2.05. The van der Waals surface area contributed by atoms with Crippen molar-refractivity contribution in [3.05, 3.63) is 60.9 Å². The van der Waals surface area contributed by atoms with Crippen molar-refractivity contribution in [1.82, 2.24) is 9.38 Å². The van der Waals surface area contributed by atoms with Gasteiger partial charge in [-0.05, 0) is 60.9 Å². The zero-order chi connectivity index (χ0) is 18.6. The fourth-order valence-electron chi connectivity index (χ4n) is 2.90. The number of aromatic hydroxyl groups is 1. The molecule has 26 heavy (non-hydrogen) atoms. The second-order valence-electron chi connectivity index (χ2n) is 6.12. The summed E-state index contributed by atoms with van der Waals surface area (Å²) in [6.45, 7) is 4.05. The van der Waals surface area contributed by atoms with Gasteiger partial charge in [-0.2, -0.15) is 0 Å². The van der Waals surface area contributed by atoms with E-state index < -0.39 is 0 Å². The number of nitrogens with zero attached hydrogens (tertiary/aromatic N) is 2. The fourth-order valence-corrected chi connectivity index (χ4v) is 4.11. The molecule has 2 aromatic carbocycles. The predicted octanol–water partition coefficient (Wildman–Crippen LogP) is 3.44. The van der Waals surface area contributed by atoms with Gasteiger partial charge in [-0.1, -0.05) is 22.9 Å². The van der Waals surface area contributed by atoms with Gasteiger partial charge in [0.15, 0.2) is 16.5 Å². The number of thiazole rings is 1. The third kappa shape index (κ3) is 2.53. The summed E-state index contributed by atoms with van der Waals surface area (Å²) in [6.07, 6.45) is 1.72. The average Bonchev–Trinajstić information content (AvgIpc) is 3.08. The first-order valence-electron chi connectivity index (χ1n) is 7.89. The summed E-state index contributed by atoms with van der Waals surface area (Å²) in [5.41, 5.74) is 4.43. The van der Waals surface area contributed by atoms with Crippen LogP contribution in [0.2, 0.25) is 5.02 Å². The van der Waals surface area contributed by atoms with Gasteiger partial charge in [0.1, 0.15) is 0 Å². The quantitative estimate of drug-likeness (QED) is 0.573. The van der Waals surface area contributed by atoms with Crippen LogP contribution in [0.4, 0.5) is 0 Å². The highest BCUT2D eigenvalue weighted by Crippen LogP contribution is 2.35. The highest BCUT2D eigenvalue weighted by molar-refractivity contribution is 7.15. The Bertz CT molecular complexity index is 1290. The molecule has 0 radical (unpaired) electrons. The Morgan fingerprint density at radius 1 is 1.23 bits per heavy atom. The molecule has 4 aromatic rings. The molecular formula is C19H15ClN2O3S. The van der Waals surface area contributed by atoms with Crippen molar-refractivity contribution in [2.75, 3.05) is 7.11 Å².